The molecule has 1 rings (SSSR count). The highest BCUT2D eigenvalue weighted by atomic mass is 32.2. The second-order valence-corrected chi connectivity index (χ2v) is 6.35. The fourth-order valence-corrected chi connectivity index (χ4v) is 2.78. The highest BCUT2D eigenvalue weighted by molar-refractivity contribution is 7.99. The van der Waals surface area contributed by atoms with Gasteiger partial charge in [-0.05, 0) is 25.3 Å². The first-order valence-electron chi connectivity index (χ1n) is 5.52. The van der Waals surface area contributed by atoms with Gasteiger partial charge in [0.1, 0.15) is 0 Å². The Morgan fingerprint density at radius 2 is 2.00 bits per heavy atom. The van der Waals surface area contributed by atoms with Gasteiger partial charge in [-0.2, -0.15) is 0 Å². The van der Waals surface area contributed by atoms with E-state index in [1.807, 2.05) is 19.9 Å². The number of hydrogen-bond acceptors (Lipinski definition) is 4. The molecule has 0 aliphatic carbocycles. The summed E-state index contributed by atoms with van der Waals surface area (Å²) in [5.74, 6) is 0. The van der Waals surface area contributed by atoms with E-state index in [0.29, 0.717) is 5.25 Å². The lowest BCUT2D eigenvalue weighted by Crippen LogP contribution is -2.39. The molecule has 2 atom stereocenters. The van der Waals surface area contributed by atoms with Crippen LogP contribution in [-0.4, -0.2) is 21.3 Å². The number of nitrogens with two attached hydrogens (primary N) is 1. The summed E-state index contributed by atoms with van der Waals surface area (Å²) in [6.07, 6.45) is 1.80. The molecule has 1 aromatic heterocycles. The summed E-state index contributed by atoms with van der Waals surface area (Å²) in [4.78, 5) is 8.68. The van der Waals surface area contributed by atoms with Crippen LogP contribution in [0.3, 0.4) is 0 Å². The van der Waals surface area contributed by atoms with Crippen LogP contribution in [-0.2, 0) is 0 Å². The molecule has 1 heterocycles. The van der Waals surface area contributed by atoms with Gasteiger partial charge in [0.25, 0.3) is 0 Å². The van der Waals surface area contributed by atoms with Gasteiger partial charge in [0.2, 0.25) is 0 Å². The van der Waals surface area contributed by atoms with E-state index in [9.17, 15) is 0 Å². The molecule has 2 N–H and O–H groups in total. The van der Waals surface area contributed by atoms with Crippen molar-refractivity contribution in [3.8, 4) is 0 Å². The standard InChI is InChI=1S/C12H21N3S/c1-8-6-7-14-11(15-8)16-10(9(2)13)12(3,4)5/h6-7,9-10H,13H2,1-5H3. The van der Waals surface area contributed by atoms with Gasteiger partial charge < -0.3 is 5.73 Å². The van der Waals surface area contributed by atoms with Crippen LogP contribution in [0.15, 0.2) is 17.4 Å². The van der Waals surface area contributed by atoms with Crippen molar-refractivity contribution >= 4 is 11.8 Å². The molecule has 0 saturated carbocycles. The Bertz CT molecular complexity index is 344. The molecule has 4 heteroatoms. The number of aryl methyl sites for hydroxylation is 1. The van der Waals surface area contributed by atoms with Crippen LogP contribution in [0.4, 0.5) is 0 Å². The van der Waals surface area contributed by atoms with Crippen molar-refractivity contribution < 1.29 is 0 Å². The second-order valence-electron chi connectivity index (χ2n) is 5.24. The van der Waals surface area contributed by atoms with E-state index in [2.05, 4.69) is 30.7 Å². The summed E-state index contributed by atoms with van der Waals surface area (Å²) in [6.45, 7) is 10.6. The molecule has 0 spiro atoms. The topological polar surface area (TPSA) is 51.8 Å². The average Bonchev–Trinajstić information content (AvgIpc) is 2.12. The van der Waals surface area contributed by atoms with Crippen LogP contribution in [0.1, 0.15) is 33.4 Å². The third-order valence-electron chi connectivity index (χ3n) is 2.34. The summed E-state index contributed by atoms with van der Waals surface area (Å²) in [5, 5.41) is 1.13. The summed E-state index contributed by atoms with van der Waals surface area (Å²) in [6, 6.07) is 2.02. The maximum Gasteiger partial charge on any atom is 0.188 e. The molecular formula is C12H21N3S. The van der Waals surface area contributed by atoms with Crippen molar-refractivity contribution in [1.82, 2.24) is 9.97 Å². The van der Waals surface area contributed by atoms with Gasteiger partial charge in [0.15, 0.2) is 5.16 Å². The Kier molecular flexibility index (Phi) is 4.33. The summed E-state index contributed by atoms with van der Waals surface area (Å²) in [7, 11) is 0. The minimum Gasteiger partial charge on any atom is -0.327 e. The van der Waals surface area contributed by atoms with Crippen LogP contribution >= 0.6 is 11.8 Å². The summed E-state index contributed by atoms with van der Waals surface area (Å²) in [5.41, 5.74) is 7.17. The molecule has 0 saturated heterocycles. The summed E-state index contributed by atoms with van der Waals surface area (Å²) >= 11 is 1.67. The van der Waals surface area contributed by atoms with Gasteiger partial charge in [-0.1, -0.05) is 32.5 Å². The smallest absolute Gasteiger partial charge is 0.188 e. The zero-order chi connectivity index (χ0) is 12.3. The minimum absolute atomic E-state index is 0.120. The quantitative estimate of drug-likeness (QED) is 0.651. The van der Waals surface area contributed by atoms with Crippen molar-refractivity contribution in [2.45, 2.75) is 51.1 Å². The average molecular weight is 239 g/mol. The van der Waals surface area contributed by atoms with Crippen LogP contribution < -0.4 is 5.73 Å². The van der Waals surface area contributed by atoms with Crippen molar-refractivity contribution in [1.29, 1.82) is 0 Å². The molecule has 3 nitrogen and oxygen atoms in total. The number of aromatic nitrogens is 2. The highest BCUT2D eigenvalue weighted by Crippen LogP contribution is 2.35. The van der Waals surface area contributed by atoms with Gasteiger partial charge in [-0.15, -0.1) is 0 Å². The molecular weight excluding hydrogens is 218 g/mol. The molecule has 0 bridgehead atoms. The van der Waals surface area contributed by atoms with E-state index < -0.39 is 0 Å². The first kappa shape index (κ1) is 13.5. The molecule has 0 radical (unpaired) electrons. The van der Waals surface area contributed by atoms with Gasteiger partial charge in [-0.25, -0.2) is 9.97 Å². The zero-order valence-electron chi connectivity index (χ0n) is 10.7. The van der Waals surface area contributed by atoms with E-state index in [4.69, 9.17) is 5.73 Å². The normalized spacial score (nSPS) is 15.9. The van der Waals surface area contributed by atoms with E-state index in [1.54, 1.807) is 18.0 Å². The van der Waals surface area contributed by atoms with E-state index >= 15 is 0 Å². The molecule has 0 aliphatic rings. The maximum atomic E-state index is 6.03. The van der Waals surface area contributed by atoms with E-state index in [-0.39, 0.29) is 11.5 Å². The van der Waals surface area contributed by atoms with Crippen molar-refractivity contribution in [2.75, 3.05) is 0 Å². The fourth-order valence-electron chi connectivity index (χ4n) is 1.67. The number of hydrogen-bond donors (Lipinski definition) is 1. The largest absolute Gasteiger partial charge is 0.327 e. The van der Waals surface area contributed by atoms with Crippen molar-refractivity contribution in [2.24, 2.45) is 11.1 Å². The van der Waals surface area contributed by atoms with Crippen molar-refractivity contribution in [3.05, 3.63) is 18.0 Å². The molecule has 16 heavy (non-hydrogen) atoms. The Hall–Kier alpha value is -0.610. The predicted octanol–water partition coefficient (Wildman–Crippen LogP) is 2.64. The summed E-state index contributed by atoms with van der Waals surface area (Å²) < 4.78 is 0. The Balaban J connectivity index is 2.84. The molecule has 0 amide bonds. The van der Waals surface area contributed by atoms with Crippen LogP contribution in [0.2, 0.25) is 0 Å². The van der Waals surface area contributed by atoms with Crippen molar-refractivity contribution in [3.63, 3.8) is 0 Å². The predicted molar refractivity (Wildman–Crippen MR) is 69.5 cm³/mol. The molecule has 0 aliphatic heterocycles. The third kappa shape index (κ3) is 3.76. The Morgan fingerprint density at radius 1 is 1.38 bits per heavy atom. The monoisotopic (exact) mass is 239 g/mol. The lowest BCUT2D eigenvalue weighted by atomic mass is 9.88. The van der Waals surface area contributed by atoms with Crippen LogP contribution in [0, 0.1) is 12.3 Å². The van der Waals surface area contributed by atoms with Gasteiger partial charge in [-0.3, -0.25) is 0 Å². The number of thioether (sulfide) groups is 1. The minimum atomic E-state index is 0.120. The Labute approximate surface area is 102 Å². The zero-order valence-corrected chi connectivity index (χ0v) is 11.5. The second kappa shape index (κ2) is 5.15. The molecule has 2 unspecified atom stereocenters. The first-order chi connectivity index (χ1) is 7.30. The van der Waals surface area contributed by atoms with Gasteiger partial charge in [0, 0.05) is 23.2 Å². The Morgan fingerprint density at radius 3 is 2.44 bits per heavy atom. The molecule has 0 aromatic carbocycles. The first-order valence-corrected chi connectivity index (χ1v) is 6.40. The van der Waals surface area contributed by atoms with E-state index in [1.165, 1.54) is 0 Å². The molecule has 1 aromatic rings. The molecule has 90 valence electrons. The maximum absolute atomic E-state index is 6.03. The SMILES string of the molecule is Cc1ccnc(SC(C(C)N)C(C)(C)C)n1. The lowest BCUT2D eigenvalue weighted by molar-refractivity contribution is 0.363. The lowest BCUT2D eigenvalue weighted by Gasteiger charge is -2.32. The third-order valence-corrected chi connectivity index (χ3v) is 4.13. The number of nitrogens with zero attached hydrogens (tertiary/aromatic N) is 2. The van der Waals surface area contributed by atoms with Crippen LogP contribution in [0.25, 0.3) is 0 Å². The van der Waals surface area contributed by atoms with Crippen LogP contribution in [0.5, 0.6) is 0 Å². The van der Waals surface area contributed by atoms with Gasteiger partial charge >= 0.3 is 0 Å². The molecule has 0 fully saturated rings. The number of rotatable bonds is 3. The van der Waals surface area contributed by atoms with Gasteiger partial charge in [0.05, 0.1) is 0 Å². The fraction of sp³-hybridized carbons (Fsp3) is 0.667. The highest BCUT2D eigenvalue weighted by Gasteiger charge is 2.29. The van der Waals surface area contributed by atoms with E-state index in [0.717, 1.165) is 10.9 Å².